The Balaban J connectivity index is 1.48. The van der Waals surface area contributed by atoms with Crippen molar-refractivity contribution >= 4 is 38.9 Å². The maximum Gasteiger partial charge on any atom is 0.265 e. The molecule has 0 unspecified atom stereocenters. The second kappa shape index (κ2) is 9.76. The van der Waals surface area contributed by atoms with E-state index in [0.717, 1.165) is 19.3 Å². The predicted octanol–water partition coefficient (Wildman–Crippen LogP) is 4.61. The van der Waals surface area contributed by atoms with Crippen LogP contribution in [0.4, 0.5) is 5.69 Å². The van der Waals surface area contributed by atoms with Crippen LogP contribution in [-0.4, -0.2) is 43.7 Å². The number of rotatable bonds is 6. The van der Waals surface area contributed by atoms with E-state index in [4.69, 9.17) is 0 Å². The van der Waals surface area contributed by atoms with Gasteiger partial charge in [0.05, 0.1) is 9.77 Å². The lowest BCUT2D eigenvalue weighted by Gasteiger charge is -2.52. The molecule has 1 aliphatic carbocycles. The van der Waals surface area contributed by atoms with E-state index in [2.05, 4.69) is 17.2 Å². The second-order valence-corrected chi connectivity index (χ2v) is 14.2. The van der Waals surface area contributed by atoms with Crippen molar-refractivity contribution < 1.29 is 18.0 Å². The van der Waals surface area contributed by atoms with E-state index < -0.39 is 20.9 Å². The van der Waals surface area contributed by atoms with Crippen LogP contribution in [0.2, 0.25) is 0 Å². The van der Waals surface area contributed by atoms with E-state index in [1.54, 1.807) is 23.5 Å². The van der Waals surface area contributed by atoms with Crippen LogP contribution in [0.3, 0.4) is 0 Å². The van der Waals surface area contributed by atoms with Gasteiger partial charge in [-0.25, -0.2) is 8.42 Å². The zero-order valence-corrected chi connectivity index (χ0v) is 23.0. The fourth-order valence-electron chi connectivity index (χ4n) is 5.62. The molecule has 2 N–H and O–H groups in total. The maximum atomic E-state index is 13.6. The first-order valence-corrected chi connectivity index (χ1v) is 14.6. The summed E-state index contributed by atoms with van der Waals surface area (Å²) in [5.41, 5.74) is 0.830. The van der Waals surface area contributed by atoms with Crippen LogP contribution in [-0.2, 0) is 27.7 Å². The van der Waals surface area contributed by atoms with E-state index in [9.17, 15) is 18.0 Å². The van der Waals surface area contributed by atoms with Crippen LogP contribution >= 0.6 is 11.3 Å². The maximum absolute atomic E-state index is 13.6. The number of anilines is 1. The molecular formula is C27H35N3O4S2. The zero-order chi connectivity index (χ0) is 26.3. The number of piperidine rings is 1. The Labute approximate surface area is 218 Å². The molecular weight excluding hydrogens is 494 g/mol. The summed E-state index contributed by atoms with van der Waals surface area (Å²) in [4.78, 5) is 26.9. The Morgan fingerprint density at radius 2 is 1.67 bits per heavy atom. The summed E-state index contributed by atoms with van der Waals surface area (Å²) in [5, 5.41) is 5.89. The van der Waals surface area contributed by atoms with E-state index in [1.165, 1.54) is 39.4 Å². The first-order valence-electron chi connectivity index (χ1n) is 12.3. The number of fused-ring (bicyclic) bond motifs is 1. The largest absolute Gasteiger partial charge is 0.349 e. The summed E-state index contributed by atoms with van der Waals surface area (Å²) >= 11 is 1.55. The van der Waals surface area contributed by atoms with Crippen molar-refractivity contribution in [3.63, 3.8) is 0 Å². The summed E-state index contributed by atoms with van der Waals surface area (Å²) in [7, 11) is -3.77. The van der Waals surface area contributed by atoms with Crippen molar-refractivity contribution in [1.29, 1.82) is 0 Å². The number of sulfonamides is 1. The molecule has 2 aliphatic rings. The van der Waals surface area contributed by atoms with Crippen LogP contribution in [0.25, 0.3) is 0 Å². The number of benzene rings is 1. The average molecular weight is 530 g/mol. The minimum atomic E-state index is -3.77. The van der Waals surface area contributed by atoms with Gasteiger partial charge >= 0.3 is 0 Å². The van der Waals surface area contributed by atoms with Gasteiger partial charge in [0.25, 0.3) is 5.91 Å². The highest BCUT2D eigenvalue weighted by Crippen LogP contribution is 2.42. The molecule has 2 aromatic rings. The molecule has 194 valence electrons. The minimum absolute atomic E-state index is 0.169. The number of carbonyl (C=O) groups excluding carboxylic acids is 2. The molecule has 0 saturated carbocycles. The van der Waals surface area contributed by atoms with E-state index in [1.807, 2.05) is 33.8 Å². The molecule has 1 aromatic heterocycles. The smallest absolute Gasteiger partial charge is 0.265 e. The van der Waals surface area contributed by atoms with Crippen molar-refractivity contribution in [3.8, 4) is 0 Å². The lowest BCUT2D eigenvalue weighted by atomic mass is 9.67. The Kier molecular flexibility index (Phi) is 7.20. The van der Waals surface area contributed by atoms with Crippen LogP contribution in [0.15, 0.2) is 47.9 Å². The van der Waals surface area contributed by atoms with Gasteiger partial charge in [0.15, 0.2) is 0 Å². The Bertz CT molecular complexity index is 1240. The van der Waals surface area contributed by atoms with Crippen LogP contribution in [0.5, 0.6) is 0 Å². The van der Waals surface area contributed by atoms with Gasteiger partial charge in [0.2, 0.25) is 15.9 Å². The Hall–Kier alpha value is -2.49. The molecule has 1 aromatic carbocycles. The van der Waals surface area contributed by atoms with Crippen molar-refractivity contribution in [1.82, 2.24) is 9.62 Å². The van der Waals surface area contributed by atoms with E-state index in [0.29, 0.717) is 10.6 Å². The molecule has 2 heterocycles. The normalized spacial score (nSPS) is 19.8. The van der Waals surface area contributed by atoms with Crippen LogP contribution < -0.4 is 10.6 Å². The SMILES string of the molecule is C=CC(=O)NC1C(C)(C)CN(S(=O)(=O)c2ccc(NC(=O)c3cc4c(s3)CCCC4)cc2)CC1(C)C. The standard InChI is InChI=1S/C27H35N3O4S2/c1-6-23(31)29-25-26(2,3)16-30(17-27(25,4)5)36(33,34)20-13-11-19(12-14-20)28-24(32)22-15-18-9-7-8-10-21(18)35-22/h6,11-15,25H,1,7-10,16-17H2,2-5H3,(H,28,32)(H,29,31). The molecule has 9 heteroatoms. The van der Waals surface area contributed by atoms with E-state index >= 15 is 0 Å². The molecule has 2 amide bonds. The Morgan fingerprint density at radius 1 is 1.06 bits per heavy atom. The third-order valence-electron chi connectivity index (χ3n) is 7.17. The number of thiophene rings is 1. The number of aryl methyl sites for hydroxylation is 2. The summed E-state index contributed by atoms with van der Waals surface area (Å²) in [6, 6.07) is 8.10. The summed E-state index contributed by atoms with van der Waals surface area (Å²) in [5.74, 6) is -0.435. The quantitative estimate of drug-likeness (QED) is 0.535. The predicted molar refractivity (Wildman–Crippen MR) is 144 cm³/mol. The minimum Gasteiger partial charge on any atom is -0.349 e. The second-order valence-electron chi connectivity index (χ2n) is 11.1. The number of nitrogens with one attached hydrogen (secondary N) is 2. The molecule has 0 atom stereocenters. The summed E-state index contributed by atoms with van der Waals surface area (Å²) in [6.07, 6.45) is 5.63. The van der Waals surface area contributed by atoms with Crippen molar-refractivity contribution in [2.75, 3.05) is 18.4 Å². The van der Waals surface area contributed by atoms with Gasteiger partial charge in [-0.15, -0.1) is 11.3 Å². The highest BCUT2D eigenvalue weighted by molar-refractivity contribution is 7.89. The van der Waals surface area contributed by atoms with Crippen molar-refractivity contribution in [2.45, 2.75) is 64.3 Å². The first-order chi connectivity index (χ1) is 16.8. The van der Waals surface area contributed by atoms with Crippen molar-refractivity contribution in [3.05, 3.63) is 58.3 Å². The van der Waals surface area contributed by atoms with Gasteiger partial charge in [0, 0.05) is 29.7 Å². The number of nitrogens with zero attached hydrogens (tertiary/aromatic N) is 1. The highest BCUT2D eigenvalue weighted by Gasteiger charge is 2.50. The fourth-order valence-corrected chi connectivity index (χ4v) is 8.55. The number of hydrogen-bond acceptors (Lipinski definition) is 5. The lowest BCUT2D eigenvalue weighted by molar-refractivity contribution is -0.120. The van der Waals surface area contributed by atoms with Crippen LogP contribution in [0.1, 0.15) is 60.6 Å². The Morgan fingerprint density at radius 3 is 2.25 bits per heavy atom. The van der Waals surface area contributed by atoms with Gasteiger partial charge in [-0.3, -0.25) is 9.59 Å². The van der Waals surface area contributed by atoms with Gasteiger partial charge in [-0.1, -0.05) is 34.3 Å². The van der Waals surface area contributed by atoms with Gasteiger partial charge in [-0.05, 0) is 78.5 Å². The topological polar surface area (TPSA) is 95.6 Å². The molecule has 36 heavy (non-hydrogen) atoms. The molecule has 0 bridgehead atoms. The van der Waals surface area contributed by atoms with Crippen molar-refractivity contribution in [2.24, 2.45) is 10.8 Å². The molecule has 1 fully saturated rings. The highest BCUT2D eigenvalue weighted by atomic mass is 32.2. The molecule has 1 saturated heterocycles. The van der Waals surface area contributed by atoms with E-state index in [-0.39, 0.29) is 35.8 Å². The molecule has 0 spiro atoms. The summed E-state index contributed by atoms with van der Waals surface area (Å²) < 4.78 is 28.6. The third kappa shape index (κ3) is 5.28. The number of hydrogen-bond donors (Lipinski definition) is 2. The first kappa shape index (κ1) is 26.6. The fraction of sp³-hybridized carbons (Fsp3) is 0.481. The number of amides is 2. The zero-order valence-electron chi connectivity index (χ0n) is 21.4. The molecule has 0 radical (unpaired) electrons. The van der Waals surface area contributed by atoms with Gasteiger partial charge in [-0.2, -0.15) is 4.31 Å². The van der Waals surface area contributed by atoms with Gasteiger partial charge in [0.1, 0.15) is 0 Å². The molecule has 7 nitrogen and oxygen atoms in total. The third-order valence-corrected chi connectivity index (χ3v) is 10.2. The average Bonchev–Trinajstić information content (AvgIpc) is 3.25. The summed E-state index contributed by atoms with van der Waals surface area (Å²) in [6.45, 7) is 11.9. The lowest BCUT2D eigenvalue weighted by Crippen LogP contribution is -2.64. The van der Waals surface area contributed by atoms with Crippen LogP contribution in [0, 0.1) is 10.8 Å². The molecule has 4 rings (SSSR count). The monoisotopic (exact) mass is 529 g/mol. The number of carbonyl (C=O) groups is 2. The van der Waals surface area contributed by atoms with Gasteiger partial charge < -0.3 is 10.6 Å². The molecule has 1 aliphatic heterocycles.